The van der Waals surface area contributed by atoms with Crippen LogP contribution in [-0.2, 0) is 10.0 Å². The standard InChI is InChI=1S/C14H20BrFN2O2S.ClH/c1-9-6-11(16)10(15)7-12(9)21(19,20)18-5-4-13(17)14(2,3)8-18;/h6-7,13H,4-5,8,17H2,1-3H3;1H. The van der Waals surface area contributed by atoms with E-state index in [1.807, 2.05) is 13.8 Å². The molecule has 0 radical (unpaired) electrons. The fourth-order valence-electron chi connectivity index (χ4n) is 2.57. The van der Waals surface area contributed by atoms with Crippen LogP contribution in [-0.4, -0.2) is 31.9 Å². The maximum atomic E-state index is 13.5. The van der Waals surface area contributed by atoms with E-state index in [-0.39, 0.29) is 33.2 Å². The maximum absolute atomic E-state index is 13.5. The predicted octanol–water partition coefficient (Wildman–Crippen LogP) is 3.07. The van der Waals surface area contributed by atoms with Gasteiger partial charge in [-0.05, 0) is 52.4 Å². The molecule has 0 saturated carbocycles. The Balaban J connectivity index is 0.00000242. The Kier molecular flexibility index (Phi) is 6.07. The molecule has 1 saturated heterocycles. The third-order valence-corrected chi connectivity index (χ3v) is 6.71. The zero-order chi connectivity index (χ0) is 16.0. The van der Waals surface area contributed by atoms with E-state index in [0.717, 1.165) is 0 Å². The van der Waals surface area contributed by atoms with Crippen molar-refractivity contribution in [2.75, 3.05) is 13.1 Å². The van der Waals surface area contributed by atoms with Crippen LogP contribution in [0, 0.1) is 18.2 Å². The molecule has 1 heterocycles. The van der Waals surface area contributed by atoms with Gasteiger partial charge in [0.25, 0.3) is 0 Å². The Bertz CT molecular complexity index is 667. The molecule has 0 amide bonds. The van der Waals surface area contributed by atoms with E-state index in [2.05, 4.69) is 15.9 Å². The van der Waals surface area contributed by atoms with Crippen LogP contribution in [0.15, 0.2) is 21.5 Å². The van der Waals surface area contributed by atoms with Gasteiger partial charge in [-0.15, -0.1) is 12.4 Å². The number of nitrogens with two attached hydrogens (primary N) is 1. The minimum atomic E-state index is -3.65. The van der Waals surface area contributed by atoms with Gasteiger partial charge in [0.2, 0.25) is 10.0 Å². The van der Waals surface area contributed by atoms with Crippen molar-refractivity contribution in [3.8, 4) is 0 Å². The number of hydrogen-bond acceptors (Lipinski definition) is 3. The molecule has 0 aliphatic carbocycles. The Morgan fingerprint density at radius 3 is 2.55 bits per heavy atom. The van der Waals surface area contributed by atoms with Crippen molar-refractivity contribution >= 4 is 38.4 Å². The fraction of sp³-hybridized carbons (Fsp3) is 0.571. The van der Waals surface area contributed by atoms with Crippen molar-refractivity contribution in [1.29, 1.82) is 0 Å². The fourth-order valence-corrected chi connectivity index (χ4v) is 4.93. The number of halogens is 3. The molecule has 1 unspecified atom stereocenters. The summed E-state index contributed by atoms with van der Waals surface area (Å²) < 4.78 is 40.7. The molecule has 22 heavy (non-hydrogen) atoms. The van der Waals surface area contributed by atoms with Crippen molar-refractivity contribution in [1.82, 2.24) is 4.31 Å². The van der Waals surface area contributed by atoms with Crippen LogP contribution >= 0.6 is 28.3 Å². The lowest BCUT2D eigenvalue weighted by molar-refractivity contribution is 0.155. The van der Waals surface area contributed by atoms with E-state index in [9.17, 15) is 12.8 Å². The van der Waals surface area contributed by atoms with Crippen LogP contribution in [0.4, 0.5) is 4.39 Å². The Morgan fingerprint density at radius 1 is 1.41 bits per heavy atom. The van der Waals surface area contributed by atoms with E-state index in [1.54, 1.807) is 6.92 Å². The Morgan fingerprint density at radius 2 is 2.00 bits per heavy atom. The lowest BCUT2D eigenvalue weighted by atomic mass is 9.81. The molecule has 0 aromatic heterocycles. The number of aryl methyl sites for hydroxylation is 1. The summed E-state index contributed by atoms with van der Waals surface area (Å²) in [7, 11) is -3.65. The summed E-state index contributed by atoms with van der Waals surface area (Å²) >= 11 is 3.05. The van der Waals surface area contributed by atoms with Gasteiger partial charge in [0.05, 0.1) is 9.37 Å². The number of sulfonamides is 1. The zero-order valence-corrected chi connectivity index (χ0v) is 16.0. The first kappa shape index (κ1) is 19.8. The van der Waals surface area contributed by atoms with Crippen molar-refractivity contribution in [2.45, 2.75) is 38.1 Å². The highest BCUT2D eigenvalue weighted by Crippen LogP contribution is 2.33. The monoisotopic (exact) mass is 414 g/mol. The molecule has 2 N–H and O–H groups in total. The van der Waals surface area contributed by atoms with Gasteiger partial charge < -0.3 is 5.73 Å². The quantitative estimate of drug-likeness (QED) is 0.807. The van der Waals surface area contributed by atoms with Gasteiger partial charge in [0.1, 0.15) is 5.82 Å². The Labute approximate surface area is 145 Å². The van der Waals surface area contributed by atoms with Gasteiger partial charge in [-0.2, -0.15) is 4.31 Å². The number of benzene rings is 1. The lowest BCUT2D eigenvalue weighted by Gasteiger charge is -2.41. The number of piperidine rings is 1. The topological polar surface area (TPSA) is 63.4 Å². The van der Waals surface area contributed by atoms with E-state index in [1.165, 1.54) is 16.4 Å². The molecule has 0 spiro atoms. The molecule has 1 aromatic carbocycles. The molecule has 1 atom stereocenters. The summed E-state index contributed by atoms with van der Waals surface area (Å²) in [4.78, 5) is 0.141. The van der Waals surface area contributed by atoms with Gasteiger partial charge in [-0.25, -0.2) is 12.8 Å². The first-order chi connectivity index (χ1) is 9.55. The van der Waals surface area contributed by atoms with Crippen LogP contribution in [0.3, 0.4) is 0 Å². The molecule has 0 bridgehead atoms. The van der Waals surface area contributed by atoms with Crippen LogP contribution in [0.25, 0.3) is 0 Å². The van der Waals surface area contributed by atoms with Crippen molar-refractivity contribution in [3.63, 3.8) is 0 Å². The number of nitrogens with zero attached hydrogens (tertiary/aromatic N) is 1. The minimum absolute atomic E-state index is 0. The Hall–Kier alpha value is -0.210. The third-order valence-electron chi connectivity index (χ3n) is 4.11. The first-order valence-electron chi connectivity index (χ1n) is 6.77. The van der Waals surface area contributed by atoms with Crippen LogP contribution in [0.2, 0.25) is 0 Å². The molecular weight excluding hydrogens is 395 g/mol. The summed E-state index contributed by atoms with van der Waals surface area (Å²) in [5, 5.41) is 0. The molecule has 2 rings (SSSR count). The van der Waals surface area contributed by atoms with Gasteiger partial charge in [-0.3, -0.25) is 0 Å². The van der Waals surface area contributed by atoms with E-state index >= 15 is 0 Å². The number of hydrogen-bond donors (Lipinski definition) is 1. The SMILES string of the molecule is Cc1cc(F)c(Br)cc1S(=O)(=O)N1CCC(N)C(C)(C)C1.Cl. The smallest absolute Gasteiger partial charge is 0.243 e. The average Bonchev–Trinajstić information content (AvgIpc) is 2.36. The molecule has 1 aliphatic rings. The largest absolute Gasteiger partial charge is 0.327 e. The van der Waals surface area contributed by atoms with Crippen molar-refractivity contribution in [3.05, 3.63) is 28.0 Å². The van der Waals surface area contributed by atoms with E-state index in [4.69, 9.17) is 5.73 Å². The van der Waals surface area contributed by atoms with Gasteiger partial charge in [0, 0.05) is 19.1 Å². The summed E-state index contributed by atoms with van der Waals surface area (Å²) in [6.07, 6.45) is 0.619. The second kappa shape index (κ2) is 6.73. The average molecular weight is 416 g/mol. The molecule has 126 valence electrons. The molecule has 8 heteroatoms. The van der Waals surface area contributed by atoms with Gasteiger partial charge in [0.15, 0.2) is 0 Å². The van der Waals surface area contributed by atoms with Crippen molar-refractivity contribution < 1.29 is 12.8 Å². The highest BCUT2D eigenvalue weighted by molar-refractivity contribution is 9.10. The lowest BCUT2D eigenvalue weighted by Crippen LogP contribution is -2.53. The summed E-state index contributed by atoms with van der Waals surface area (Å²) in [5.41, 5.74) is 6.18. The summed E-state index contributed by atoms with van der Waals surface area (Å²) in [6, 6.07) is 2.55. The molecule has 1 fully saturated rings. The minimum Gasteiger partial charge on any atom is -0.327 e. The molecule has 4 nitrogen and oxygen atoms in total. The molecular formula is C14H21BrClFN2O2S. The van der Waals surface area contributed by atoms with Crippen LogP contribution < -0.4 is 5.73 Å². The maximum Gasteiger partial charge on any atom is 0.243 e. The normalized spacial score (nSPS) is 22.2. The first-order valence-corrected chi connectivity index (χ1v) is 9.00. The number of rotatable bonds is 2. The van der Waals surface area contributed by atoms with E-state index in [0.29, 0.717) is 25.1 Å². The zero-order valence-electron chi connectivity index (χ0n) is 12.8. The second-order valence-corrected chi connectivity index (χ2v) is 9.01. The van der Waals surface area contributed by atoms with Crippen LogP contribution in [0.5, 0.6) is 0 Å². The third kappa shape index (κ3) is 3.64. The summed E-state index contributed by atoms with van der Waals surface area (Å²) in [6.45, 7) is 6.29. The predicted molar refractivity (Wildman–Crippen MR) is 91.2 cm³/mol. The molecule has 1 aromatic rings. The van der Waals surface area contributed by atoms with Gasteiger partial charge in [-0.1, -0.05) is 13.8 Å². The van der Waals surface area contributed by atoms with Gasteiger partial charge >= 0.3 is 0 Å². The van der Waals surface area contributed by atoms with Crippen molar-refractivity contribution in [2.24, 2.45) is 11.1 Å². The van der Waals surface area contributed by atoms with Crippen LogP contribution in [0.1, 0.15) is 25.8 Å². The second-order valence-electron chi connectivity index (χ2n) is 6.25. The highest BCUT2D eigenvalue weighted by atomic mass is 79.9. The highest BCUT2D eigenvalue weighted by Gasteiger charge is 2.39. The molecule has 1 aliphatic heterocycles. The van der Waals surface area contributed by atoms with E-state index < -0.39 is 15.8 Å². The summed E-state index contributed by atoms with van der Waals surface area (Å²) in [5.74, 6) is -0.465.